The van der Waals surface area contributed by atoms with E-state index in [1.165, 1.54) is 36.4 Å². The number of carbonyl (C=O) groups is 1. The van der Waals surface area contributed by atoms with Crippen LogP contribution in [0.1, 0.15) is 39.5 Å². The van der Waals surface area contributed by atoms with Crippen LogP contribution in [0.4, 0.5) is 52.7 Å². The molecule has 0 aliphatic heterocycles. The molecule has 0 amide bonds. The van der Waals surface area contributed by atoms with E-state index >= 15 is 0 Å². The topological polar surface area (TPSA) is 66.8 Å². The third-order valence-electron chi connectivity index (χ3n) is 5.94. The van der Waals surface area contributed by atoms with Gasteiger partial charge in [0.1, 0.15) is 9.53 Å². The zero-order valence-electron chi connectivity index (χ0n) is 17.2. The third kappa shape index (κ3) is 5.49. The van der Waals surface area contributed by atoms with E-state index in [0.29, 0.717) is 0 Å². The van der Waals surface area contributed by atoms with Crippen molar-refractivity contribution < 1.29 is 72.4 Å². The van der Waals surface area contributed by atoms with Gasteiger partial charge in [-0.3, -0.25) is 4.79 Å². The quantitative estimate of drug-likeness (QED) is 0.177. The largest absolute Gasteiger partial charge is 0.461 e. The molecule has 17 heteroatoms. The minimum atomic E-state index is -6.58. The molecule has 0 aromatic carbocycles. The average molecular weight is 642 g/mol. The normalized spacial score (nSPS) is 25.6. The van der Waals surface area contributed by atoms with Gasteiger partial charge in [-0.05, 0) is 32.6 Å². The molecule has 3 unspecified atom stereocenters. The van der Waals surface area contributed by atoms with E-state index in [1.807, 2.05) is 0 Å². The molecule has 0 heterocycles. The Hall–Kier alpha value is -0.720. The van der Waals surface area contributed by atoms with Gasteiger partial charge in [-0.25, -0.2) is 0 Å². The molecule has 0 saturated heterocycles. The molecule has 1 saturated carbocycles. The molecule has 34 heavy (non-hydrogen) atoms. The molecule has 1 aliphatic rings. The second-order valence-electron chi connectivity index (χ2n) is 8.20. The summed E-state index contributed by atoms with van der Waals surface area (Å²) in [6, 6.07) is 0. The van der Waals surface area contributed by atoms with Crippen LogP contribution in [0.2, 0.25) is 0 Å². The standard InChI is InChI=1S/C17H19F12IO4/c1-3-11(2,30)10(31)34-9-5-7(12(32,14(18,19)20)15(21,22)23)4-8(6-9)13(33,16(24,25)26)17(27,28)29/h7-9,32-33H,3-6H2,1-2H3. The average Bonchev–Trinajstić information content (AvgIpc) is 2.62. The lowest BCUT2D eigenvalue weighted by Crippen LogP contribution is -2.67. The summed E-state index contributed by atoms with van der Waals surface area (Å²) in [5.74, 6) is -8.07. The maximum atomic E-state index is 13.3. The Labute approximate surface area is 198 Å². The first-order valence-corrected chi connectivity index (χ1v) is 10.5. The maximum absolute atomic E-state index is 13.3. The van der Waals surface area contributed by atoms with Crippen molar-refractivity contribution in [1.29, 1.82) is 0 Å². The van der Waals surface area contributed by atoms with Gasteiger partial charge >= 0.3 is 30.7 Å². The van der Waals surface area contributed by atoms with E-state index in [1.54, 1.807) is 0 Å². The van der Waals surface area contributed by atoms with E-state index in [4.69, 9.17) is 4.74 Å². The van der Waals surface area contributed by atoms with Crippen LogP contribution < -0.4 is 0 Å². The molecule has 2 N–H and O–H groups in total. The maximum Gasteiger partial charge on any atom is 0.426 e. The van der Waals surface area contributed by atoms with Gasteiger partial charge in [0, 0.05) is 11.8 Å². The van der Waals surface area contributed by atoms with Crippen molar-refractivity contribution in [2.45, 2.75) is 85.0 Å². The van der Waals surface area contributed by atoms with Crippen molar-refractivity contribution in [3.63, 3.8) is 0 Å². The Morgan fingerprint density at radius 2 is 1.06 bits per heavy atom. The van der Waals surface area contributed by atoms with Crippen LogP contribution >= 0.6 is 22.6 Å². The van der Waals surface area contributed by atoms with Gasteiger partial charge < -0.3 is 14.9 Å². The lowest BCUT2D eigenvalue weighted by Gasteiger charge is -2.48. The Morgan fingerprint density at radius 3 is 1.29 bits per heavy atom. The van der Waals surface area contributed by atoms with Crippen LogP contribution in [0.3, 0.4) is 0 Å². The van der Waals surface area contributed by atoms with Crippen LogP contribution in [-0.4, -0.2) is 61.6 Å². The summed E-state index contributed by atoms with van der Waals surface area (Å²) in [5, 5.41) is 19.2. The Kier molecular flexibility index (Phi) is 8.56. The van der Waals surface area contributed by atoms with Crippen LogP contribution in [0.25, 0.3) is 0 Å². The summed E-state index contributed by atoms with van der Waals surface area (Å²) in [5.41, 5.74) is -11.5. The highest BCUT2D eigenvalue weighted by atomic mass is 127. The van der Waals surface area contributed by atoms with E-state index in [0.717, 1.165) is 0 Å². The predicted octanol–water partition coefficient (Wildman–Crippen LogP) is 5.63. The number of aliphatic hydroxyl groups is 2. The number of ether oxygens (including phenoxy) is 1. The predicted molar refractivity (Wildman–Crippen MR) is 97.5 cm³/mol. The molecule has 0 bridgehead atoms. The van der Waals surface area contributed by atoms with Gasteiger partial charge in [0.2, 0.25) is 0 Å². The van der Waals surface area contributed by atoms with E-state index in [-0.39, 0.29) is 6.42 Å². The molecule has 0 aromatic heterocycles. The van der Waals surface area contributed by atoms with Gasteiger partial charge in [0.25, 0.3) is 11.2 Å². The summed E-state index contributed by atoms with van der Waals surface area (Å²) >= 11 is 1.46. The molecule has 0 spiro atoms. The van der Waals surface area contributed by atoms with Crippen molar-refractivity contribution in [3.8, 4) is 0 Å². The van der Waals surface area contributed by atoms with E-state index < -0.39 is 82.5 Å². The van der Waals surface area contributed by atoms with Crippen molar-refractivity contribution in [3.05, 3.63) is 0 Å². The Balaban J connectivity index is 3.69. The third-order valence-corrected chi connectivity index (χ3v) is 7.14. The molecule has 1 aliphatic carbocycles. The summed E-state index contributed by atoms with van der Waals surface area (Å²) in [6.07, 6.45) is -34.0. The minimum Gasteiger partial charge on any atom is -0.461 e. The monoisotopic (exact) mass is 642 g/mol. The van der Waals surface area contributed by atoms with Crippen LogP contribution in [0.15, 0.2) is 0 Å². The molecule has 1 rings (SSSR count). The SMILES string of the molecule is CCC(C)(I)C(=O)OC1CC(C(O)(C(F)(F)F)C(F)(F)F)CC(C(O)(C(F)(F)F)C(F)(F)F)C1. The van der Waals surface area contributed by atoms with Crippen molar-refractivity contribution in [2.24, 2.45) is 11.8 Å². The summed E-state index contributed by atoms with van der Waals surface area (Å²) in [6.45, 7) is 2.59. The minimum absolute atomic E-state index is 0.0317. The fourth-order valence-corrected chi connectivity index (χ4v) is 3.84. The van der Waals surface area contributed by atoms with Crippen LogP contribution in [-0.2, 0) is 9.53 Å². The highest BCUT2D eigenvalue weighted by molar-refractivity contribution is 14.1. The summed E-state index contributed by atoms with van der Waals surface area (Å²) < 4.78 is 163. The lowest BCUT2D eigenvalue weighted by atomic mass is 9.65. The zero-order chi connectivity index (χ0) is 27.3. The number of rotatable bonds is 5. The summed E-state index contributed by atoms with van der Waals surface area (Å²) in [7, 11) is 0. The number of hydrogen-bond acceptors (Lipinski definition) is 4. The number of halogens is 13. The van der Waals surface area contributed by atoms with Crippen molar-refractivity contribution >= 4 is 28.6 Å². The first-order chi connectivity index (χ1) is 14.8. The molecular formula is C17H19F12IO4. The molecule has 0 aromatic rings. The molecule has 202 valence electrons. The highest BCUT2D eigenvalue weighted by Gasteiger charge is 2.78. The number of hydrogen-bond donors (Lipinski definition) is 2. The second kappa shape index (κ2) is 9.30. The van der Waals surface area contributed by atoms with Gasteiger partial charge in [0.15, 0.2) is 0 Å². The highest BCUT2D eigenvalue weighted by Crippen LogP contribution is 2.58. The Bertz CT molecular complexity index is 667. The number of esters is 1. The first-order valence-electron chi connectivity index (χ1n) is 9.39. The number of alkyl halides is 13. The van der Waals surface area contributed by atoms with Crippen molar-refractivity contribution in [1.82, 2.24) is 0 Å². The zero-order valence-corrected chi connectivity index (χ0v) is 19.3. The van der Waals surface area contributed by atoms with Gasteiger partial charge in [0.05, 0.1) is 0 Å². The summed E-state index contributed by atoms with van der Waals surface area (Å²) in [4.78, 5) is 12.2. The fourth-order valence-electron chi connectivity index (χ4n) is 3.71. The number of carbonyl (C=O) groups excluding carboxylic acids is 1. The first kappa shape index (κ1) is 31.3. The molecule has 1 fully saturated rings. The molecular weight excluding hydrogens is 623 g/mol. The van der Waals surface area contributed by atoms with E-state index in [2.05, 4.69) is 0 Å². The van der Waals surface area contributed by atoms with Gasteiger partial charge in [-0.15, -0.1) is 0 Å². The van der Waals surface area contributed by atoms with Crippen molar-refractivity contribution in [2.75, 3.05) is 0 Å². The fraction of sp³-hybridized carbons (Fsp3) is 0.941. The Morgan fingerprint density at radius 1 is 0.765 bits per heavy atom. The van der Waals surface area contributed by atoms with Gasteiger partial charge in [-0.2, -0.15) is 52.7 Å². The van der Waals surface area contributed by atoms with Crippen LogP contribution in [0.5, 0.6) is 0 Å². The second-order valence-corrected chi connectivity index (χ2v) is 10.6. The molecule has 0 radical (unpaired) electrons. The van der Waals surface area contributed by atoms with Crippen LogP contribution in [0, 0.1) is 11.8 Å². The smallest absolute Gasteiger partial charge is 0.426 e. The molecule has 3 atom stereocenters. The van der Waals surface area contributed by atoms with Gasteiger partial charge in [-0.1, -0.05) is 29.5 Å². The van der Waals surface area contributed by atoms with E-state index in [9.17, 15) is 67.7 Å². The molecule has 4 nitrogen and oxygen atoms in total. The lowest BCUT2D eigenvalue weighted by molar-refractivity contribution is -0.405.